The number of carbonyl (C=O) groups is 1. The van der Waals surface area contributed by atoms with Crippen LogP contribution >= 0.6 is 11.3 Å². The number of rotatable bonds is 7. The van der Waals surface area contributed by atoms with Crippen molar-refractivity contribution >= 4 is 33.1 Å². The van der Waals surface area contributed by atoms with Crippen molar-refractivity contribution in [3.05, 3.63) is 77.3 Å². The van der Waals surface area contributed by atoms with Crippen molar-refractivity contribution in [3.8, 4) is 11.1 Å². The molecule has 0 unspecified atom stereocenters. The number of nitrogens with one attached hydrogen (secondary N) is 1. The highest BCUT2D eigenvalue weighted by atomic mass is 32.1. The molecule has 0 saturated carbocycles. The first-order chi connectivity index (χ1) is 15.0. The summed E-state index contributed by atoms with van der Waals surface area (Å²) in [6.07, 6.45) is 3.50. The first-order valence-electron chi connectivity index (χ1n) is 9.84. The van der Waals surface area contributed by atoms with Crippen molar-refractivity contribution in [2.24, 2.45) is 5.73 Å². The number of hydrogen-bond acceptors (Lipinski definition) is 6. The van der Waals surface area contributed by atoms with Gasteiger partial charge >= 0.3 is 0 Å². The Morgan fingerprint density at radius 2 is 1.97 bits per heavy atom. The first kappa shape index (κ1) is 20.9. The summed E-state index contributed by atoms with van der Waals surface area (Å²) >= 11 is 1.33. The van der Waals surface area contributed by atoms with Gasteiger partial charge in [0, 0.05) is 39.1 Å². The quantitative estimate of drug-likeness (QED) is 0.461. The fourth-order valence-corrected chi connectivity index (χ4v) is 4.27. The molecule has 0 atom stereocenters. The van der Waals surface area contributed by atoms with E-state index in [2.05, 4.69) is 21.4 Å². The van der Waals surface area contributed by atoms with Crippen LogP contribution in [0.1, 0.15) is 15.4 Å². The Balaban J connectivity index is 1.67. The van der Waals surface area contributed by atoms with E-state index in [4.69, 9.17) is 5.73 Å². The van der Waals surface area contributed by atoms with Crippen molar-refractivity contribution in [2.75, 3.05) is 25.0 Å². The van der Waals surface area contributed by atoms with Crippen LogP contribution in [0.3, 0.4) is 0 Å². The number of pyridine rings is 1. The van der Waals surface area contributed by atoms with Gasteiger partial charge in [-0.05, 0) is 53.1 Å². The van der Waals surface area contributed by atoms with Crippen LogP contribution in [-0.4, -0.2) is 36.0 Å². The topological polar surface area (TPSA) is 84.1 Å². The summed E-state index contributed by atoms with van der Waals surface area (Å²) in [7, 11) is 1.96. The lowest BCUT2D eigenvalue weighted by Gasteiger charge is -2.19. The Morgan fingerprint density at radius 1 is 1.16 bits per heavy atom. The molecule has 31 heavy (non-hydrogen) atoms. The molecule has 0 radical (unpaired) electrons. The molecule has 8 heteroatoms. The third-order valence-electron chi connectivity index (χ3n) is 4.90. The summed E-state index contributed by atoms with van der Waals surface area (Å²) in [4.78, 5) is 23.5. The van der Waals surface area contributed by atoms with Gasteiger partial charge in [-0.1, -0.05) is 12.1 Å². The number of nitrogens with two attached hydrogens (primary N) is 1. The normalized spacial score (nSPS) is 10.9. The van der Waals surface area contributed by atoms with E-state index < -0.39 is 0 Å². The van der Waals surface area contributed by atoms with Gasteiger partial charge in [-0.15, -0.1) is 11.3 Å². The van der Waals surface area contributed by atoms with Crippen molar-refractivity contribution in [2.45, 2.75) is 6.54 Å². The molecule has 0 aliphatic rings. The van der Waals surface area contributed by atoms with Crippen molar-refractivity contribution in [1.82, 2.24) is 15.3 Å². The highest BCUT2D eigenvalue weighted by molar-refractivity contribution is 7.20. The van der Waals surface area contributed by atoms with Crippen LogP contribution in [0.2, 0.25) is 0 Å². The number of aromatic nitrogens is 2. The van der Waals surface area contributed by atoms with Gasteiger partial charge < -0.3 is 16.0 Å². The lowest BCUT2D eigenvalue weighted by molar-refractivity contribution is 0.0950. The van der Waals surface area contributed by atoms with Crippen LogP contribution in [-0.2, 0) is 6.54 Å². The summed E-state index contributed by atoms with van der Waals surface area (Å²) in [5, 5.41) is 3.19. The molecule has 0 aliphatic heterocycles. The Kier molecular flexibility index (Phi) is 6.20. The predicted octanol–water partition coefficient (Wildman–Crippen LogP) is 3.82. The minimum absolute atomic E-state index is 0.231. The molecule has 6 nitrogen and oxygen atoms in total. The van der Waals surface area contributed by atoms with Crippen molar-refractivity contribution in [1.29, 1.82) is 0 Å². The second-order valence-electron chi connectivity index (χ2n) is 7.12. The number of fused-ring (bicyclic) bond motifs is 1. The summed E-state index contributed by atoms with van der Waals surface area (Å²) in [6.45, 7) is 1.39. The maximum Gasteiger partial charge on any atom is 0.280 e. The highest BCUT2D eigenvalue weighted by Gasteiger charge is 2.18. The second kappa shape index (κ2) is 9.20. The molecule has 2 aromatic heterocycles. The lowest BCUT2D eigenvalue weighted by atomic mass is 10.1. The Labute approximate surface area is 183 Å². The van der Waals surface area contributed by atoms with E-state index in [-0.39, 0.29) is 18.3 Å². The molecule has 0 spiro atoms. The fourth-order valence-electron chi connectivity index (χ4n) is 3.33. The van der Waals surface area contributed by atoms with Gasteiger partial charge in [0.05, 0.1) is 10.4 Å². The van der Waals surface area contributed by atoms with E-state index in [0.29, 0.717) is 23.7 Å². The van der Waals surface area contributed by atoms with Crippen LogP contribution < -0.4 is 16.0 Å². The molecule has 4 rings (SSSR count). The molecule has 2 heterocycles. The number of amides is 1. The van der Waals surface area contributed by atoms with E-state index >= 15 is 0 Å². The number of likely N-dealkylation sites (N-methyl/N-ethyl adjacent to an activating group) is 1. The van der Waals surface area contributed by atoms with E-state index in [0.717, 1.165) is 27.0 Å². The van der Waals surface area contributed by atoms with E-state index in [1.807, 2.05) is 30.1 Å². The smallest absolute Gasteiger partial charge is 0.280 e. The van der Waals surface area contributed by atoms with Crippen LogP contribution in [0, 0.1) is 5.82 Å². The Bertz CT molecular complexity index is 1210. The molecule has 4 aromatic rings. The van der Waals surface area contributed by atoms with Crippen LogP contribution in [0.25, 0.3) is 21.3 Å². The van der Waals surface area contributed by atoms with E-state index in [1.165, 1.54) is 23.5 Å². The highest BCUT2D eigenvalue weighted by Crippen LogP contribution is 2.35. The zero-order chi connectivity index (χ0) is 21.8. The van der Waals surface area contributed by atoms with Gasteiger partial charge in [0.15, 0.2) is 5.01 Å². The molecular formula is C23H22FN5OS. The average molecular weight is 436 g/mol. The number of halogens is 1. The fraction of sp³-hybridized carbons (Fsp3) is 0.174. The maximum absolute atomic E-state index is 13.4. The first-order valence-corrected chi connectivity index (χ1v) is 10.7. The van der Waals surface area contributed by atoms with Crippen LogP contribution in [0.5, 0.6) is 0 Å². The summed E-state index contributed by atoms with van der Waals surface area (Å²) in [5.74, 6) is -0.619. The largest absolute Gasteiger partial charge is 0.372 e. The molecule has 0 saturated heterocycles. The number of nitrogens with zero attached hydrogens (tertiary/aromatic N) is 3. The van der Waals surface area contributed by atoms with Gasteiger partial charge in [0.25, 0.3) is 5.91 Å². The minimum Gasteiger partial charge on any atom is -0.372 e. The van der Waals surface area contributed by atoms with Crippen LogP contribution in [0.4, 0.5) is 10.1 Å². The Hall–Kier alpha value is -3.36. The maximum atomic E-state index is 13.4. The lowest BCUT2D eigenvalue weighted by Crippen LogP contribution is -2.25. The summed E-state index contributed by atoms with van der Waals surface area (Å²) in [6, 6.07) is 14.1. The van der Waals surface area contributed by atoms with Gasteiger partial charge in [0.1, 0.15) is 11.3 Å². The molecule has 158 valence electrons. The van der Waals surface area contributed by atoms with Gasteiger partial charge in [-0.25, -0.2) is 9.37 Å². The molecule has 0 fully saturated rings. The zero-order valence-electron chi connectivity index (χ0n) is 17.0. The van der Waals surface area contributed by atoms with Gasteiger partial charge in [0.2, 0.25) is 0 Å². The number of hydrogen-bond donors (Lipinski definition) is 2. The molecule has 1 amide bonds. The van der Waals surface area contributed by atoms with Crippen molar-refractivity contribution < 1.29 is 9.18 Å². The standard InChI is InChI=1S/C23H22FN5OS/c1-29(10-7-25)19-12-17(16-5-8-26-9-6-16)13-20-21(19)28-23(31-20)22(30)27-14-15-3-2-4-18(24)11-15/h2-6,8-9,11-13H,7,10,14,25H2,1H3,(H,27,30). The van der Waals surface area contributed by atoms with Gasteiger partial charge in [-0.3, -0.25) is 9.78 Å². The second-order valence-corrected chi connectivity index (χ2v) is 8.15. The third kappa shape index (κ3) is 4.70. The monoisotopic (exact) mass is 435 g/mol. The third-order valence-corrected chi connectivity index (χ3v) is 5.90. The van der Waals surface area contributed by atoms with Crippen LogP contribution in [0.15, 0.2) is 60.9 Å². The zero-order valence-corrected chi connectivity index (χ0v) is 17.8. The SMILES string of the molecule is CN(CCN)c1cc(-c2ccncc2)cc2sc(C(=O)NCc3cccc(F)c3)nc12. The number of thiazole rings is 1. The number of carbonyl (C=O) groups excluding carboxylic acids is 1. The molecule has 0 aliphatic carbocycles. The number of anilines is 1. The molecule has 3 N–H and O–H groups in total. The summed E-state index contributed by atoms with van der Waals surface area (Å²) < 4.78 is 14.3. The number of benzene rings is 2. The minimum atomic E-state index is -0.331. The summed E-state index contributed by atoms with van der Waals surface area (Å²) in [5.41, 5.74) is 10.2. The van der Waals surface area contributed by atoms with Gasteiger partial charge in [-0.2, -0.15) is 0 Å². The predicted molar refractivity (Wildman–Crippen MR) is 123 cm³/mol. The average Bonchev–Trinajstić information content (AvgIpc) is 3.22. The Morgan fingerprint density at radius 3 is 2.71 bits per heavy atom. The van der Waals surface area contributed by atoms with E-state index in [1.54, 1.807) is 24.5 Å². The van der Waals surface area contributed by atoms with E-state index in [9.17, 15) is 9.18 Å². The van der Waals surface area contributed by atoms with Crippen molar-refractivity contribution in [3.63, 3.8) is 0 Å². The molecule has 0 bridgehead atoms. The molecule has 2 aromatic carbocycles. The molecular weight excluding hydrogens is 413 g/mol.